The average Bonchev–Trinajstić information content (AvgIpc) is 2.45. The molecule has 0 fully saturated rings. The smallest absolute Gasteiger partial charge is 0.360 e. The topological polar surface area (TPSA) is 105 Å². The van der Waals surface area contributed by atoms with Crippen LogP contribution in [-0.4, -0.2) is 43.4 Å². The lowest BCUT2D eigenvalue weighted by Crippen LogP contribution is -2.38. The third kappa shape index (κ3) is 7.59. The Balaban J connectivity index is 5.38. The molecule has 0 aliphatic carbocycles. The Labute approximate surface area is 141 Å². The Morgan fingerprint density at radius 1 is 0.870 bits per heavy atom. The van der Waals surface area contributed by atoms with Gasteiger partial charge >= 0.3 is 5.04 Å². The minimum absolute atomic E-state index is 0.104. The number of hydrogen-bond acceptors (Lipinski definition) is 4. The van der Waals surface area contributed by atoms with Crippen molar-refractivity contribution < 1.29 is 21.6 Å². The zero-order valence-corrected chi connectivity index (χ0v) is 16.1. The summed E-state index contributed by atoms with van der Waals surface area (Å²) in [4.78, 5) is 2.89. The molecule has 0 rings (SSSR count). The molecule has 0 amide bonds. The molecule has 0 saturated heterocycles. The lowest BCUT2D eigenvalue weighted by atomic mass is 10.1. The number of hydrogen-bond donors (Lipinski definition) is 0. The van der Waals surface area contributed by atoms with Gasteiger partial charge in [-0.15, -0.1) is 0 Å². The molecule has 0 spiro atoms. The molecule has 0 radical (unpaired) electrons. The first-order chi connectivity index (χ1) is 10.8. The standard InChI is InChI=1S/C15H30N2O4S2/c1-4-7-8-9-10-11-14(22(18,19)12-5-2)15(17-16)23(20,21)13-6-3/h14H,4-13H2,1-3H3. The molecule has 8 heteroatoms. The fourth-order valence-electron chi connectivity index (χ4n) is 2.52. The largest absolute Gasteiger partial charge is 0.399 e. The maximum absolute atomic E-state index is 12.4. The summed E-state index contributed by atoms with van der Waals surface area (Å²) in [6, 6.07) is 0. The van der Waals surface area contributed by atoms with Crippen molar-refractivity contribution in [2.75, 3.05) is 11.5 Å². The van der Waals surface area contributed by atoms with Crippen LogP contribution in [0.4, 0.5) is 0 Å². The van der Waals surface area contributed by atoms with Crippen LogP contribution in [-0.2, 0) is 19.7 Å². The van der Waals surface area contributed by atoms with E-state index in [0.29, 0.717) is 19.3 Å². The van der Waals surface area contributed by atoms with E-state index in [0.717, 1.165) is 25.7 Å². The van der Waals surface area contributed by atoms with Crippen molar-refractivity contribution in [2.45, 2.75) is 77.4 Å². The normalized spacial score (nSPS) is 13.5. The van der Waals surface area contributed by atoms with Gasteiger partial charge in [0.25, 0.3) is 9.84 Å². The first-order valence-corrected chi connectivity index (χ1v) is 11.8. The molecule has 6 nitrogen and oxygen atoms in total. The number of sulfone groups is 2. The van der Waals surface area contributed by atoms with Crippen LogP contribution in [0.5, 0.6) is 0 Å². The van der Waals surface area contributed by atoms with Crippen molar-refractivity contribution in [2.24, 2.45) is 0 Å². The van der Waals surface area contributed by atoms with Crippen LogP contribution in [0.25, 0.3) is 5.53 Å². The van der Waals surface area contributed by atoms with E-state index in [1.165, 1.54) is 0 Å². The average molecular weight is 367 g/mol. The Morgan fingerprint density at radius 2 is 1.43 bits per heavy atom. The molecular formula is C15H30N2O4S2. The fraction of sp³-hybridized carbons (Fsp3) is 0.933. The van der Waals surface area contributed by atoms with E-state index in [4.69, 9.17) is 0 Å². The van der Waals surface area contributed by atoms with Gasteiger partial charge in [0.2, 0.25) is 0 Å². The molecule has 0 bridgehead atoms. The molecule has 1 unspecified atom stereocenters. The highest BCUT2D eigenvalue weighted by Crippen LogP contribution is 2.18. The van der Waals surface area contributed by atoms with Crippen molar-refractivity contribution in [1.82, 2.24) is 0 Å². The van der Waals surface area contributed by atoms with Gasteiger partial charge in [-0.3, -0.25) is 0 Å². The van der Waals surface area contributed by atoms with Gasteiger partial charge < -0.3 is 5.53 Å². The van der Waals surface area contributed by atoms with Crippen LogP contribution >= 0.6 is 0 Å². The van der Waals surface area contributed by atoms with Gasteiger partial charge in [-0.25, -0.2) is 16.8 Å². The Kier molecular flexibility index (Phi) is 10.6. The molecule has 0 heterocycles. The summed E-state index contributed by atoms with van der Waals surface area (Å²) in [6.45, 7) is 5.50. The van der Waals surface area contributed by atoms with Crippen LogP contribution < -0.4 is 0 Å². The molecule has 0 aromatic rings. The molecule has 23 heavy (non-hydrogen) atoms. The first-order valence-electron chi connectivity index (χ1n) is 8.43. The van der Waals surface area contributed by atoms with Gasteiger partial charge in [0.05, 0.1) is 11.5 Å². The predicted octanol–water partition coefficient (Wildman–Crippen LogP) is 2.99. The van der Waals surface area contributed by atoms with Crippen molar-refractivity contribution in [3.05, 3.63) is 5.53 Å². The molecule has 1 atom stereocenters. The van der Waals surface area contributed by atoms with E-state index in [1.807, 2.05) is 0 Å². The molecule has 136 valence electrons. The molecule has 0 aliphatic heterocycles. The summed E-state index contributed by atoms with van der Waals surface area (Å²) < 4.78 is 49.4. The van der Waals surface area contributed by atoms with E-state index < -0.39 is 30.0 Å². The highest BCUT2D eigenvalue weighted by atomic mass is 32.2. The fourth-order valence-corrected chi connectivity index (χ4v) is 6.52. The maximum atomic E-state index is 12.4. The summed E-state index contributed by atoms with van der Waals surface area (Å²) in [7, 11) is -7.50. The minimum Gasteiger partial charge on any atom is -0.360 e. The zero-order chi connectivity index (χ0) is 17.9. The maximum Gasteiger partial charge on any atom is 0.399 e. The summed E-state index contributed by atoms with van der Waals surface area (Å²) in [5, 5.41) is -1.81. The number of rotatable bonds is 12. The summed E-state index contributed by atoms with van der Waals surface area (Å²) in [6.07, 6.45) is 5.53. The molecule has 0 N–H and O–H groups in total. The van der Waals surface area contributed by atoms with Gasteiger partial charge in [0.1, 0.15) is 0 Å². The van der Waals surface area contributed by atoms with Crippen LogP contribution in [0.1, 0.15) is 72.1 Å². The molecule has 0 saturated carbocycles. The Hall–Kier alpha value is -0.720. The number of unbranched alkanes of at least 4 members (excludes halogenated alkanes) is 4. The molecular weight excluding hydrogens is 336 g/mol. The van der Waals surface area contributed by atoms with Gasteiger partial charge in [-0.2, -0.15) is 4.79 Å². The van der Waals surface area contributed by atoms with Gasteiger partial charge in [-0.05, 0) is 19.3 Å². The zero-order valence-electron chi connectivity index (χ0n) is 14.5. The van der Waals surface area contributed by atoms with E-state index in [9.17, 15) is 22.4 Å². The van der Waals surface area contributed by atoms with Crippen LogP contribution in [0.2, 0.25) is 0 Å². The van der Waals surface area contributed by atoms with E-state index in [-0.39, 0.29) is 17.9 Å². The van der Waals surface area contributed by atoms with Crippen molar-refractivity contribution in [1.29, 1.82) is 0 Å². The molecule has 0 aromatic carbocycles. The third-order valence-corrected chi connectivity index (χ3v) is 8.06. The van der Waals surface area contributed by atoms with Gasteiger partial charge in [0.15, 0.2) is 15.1 Å². The minimum atomic E-state index is -3.85. The first kappa shape index (κ1) is 22.3. The van der Waals surface area contributed by atoms with Crippen LogP contribution in [0.3, 0.4) is 0 Å². The lowest BCUT2D eigenvalue weighted by molar-refractivity contribution is -0.00317. The summed E-state index contributed by atoms with van der Waals surface area (Å²) in [5.74, 6) is -0.312. The predicted molar refractivity (Wildman–Crippen MR) is 93.9 cm³/mol. The lowest BCUT2D eigenvalue weighted by Gasteiger charge is -2.13. The SMILES string of the molecule is CCCCCCCC(C(=[N+]=[N-])S(=O)(=O)CCC)S(=O)(=O)CCC. The second kappa shape index (κ2) is 10.9. The van der Waals surface area contributed by atoms with E-state index >= 15 is 0 Å². The summed E-state index contributed by atoms with van der Waals surface area (Å²) in [5.41, 5.74) is 9.18. The van der Waals surface area contributed by atoms with E-state index in [1.54, 1.807) is 13.8 Å². The second-order valence-electron chi connectivity index (χ2n) is 5.82. The highest BCUT2D eigenvalue weighted by Gasteiger charge is 2.43. The van der Waals surface area contributed by atoms with Crippen molar-refractivity contribution in [3.63, 3.8) is 0 Å². The molecule has 0 aliphatic rings. The summed E-state index contributed by atoms with van der Waals surface area (Å²) >= 11 is 0. The van der Waals surface area contributed by atoms with Crippen molar-refractivity contribution >= 4 is 24.7 Å². The van der Waals surface area contributed by atoms with Crippen molar-refractivity contribution in [3.8, 4) is 0 Å². The van der Waals surface area contributed by atoms with E-state index in [2.05, 4.69) is 11.7 Å². The number of nitrogens with zero attached hydrogens (tertiary/aromatic N) is 2. The van der Waals surface area contributed by atoms with Crippen LogP contribution in [0, 0.1) is 0 Å². The monoisotopic (exact) mass is 366 g/mol. The molecule has 0 aromatic heterocycles. The highest BCUT2D eigenvalue weighted by molar-refractivity contribution is 8.08. The van der Waals surface area contributed by atoms with Crippen LogP contribution in [0.15, 0.2) is 0 Å². The van der Waals surface area contributed by atoms with Gasteiger partial charge in [0, 0.05) is 0 Å². The quantitative estimate of drug-likeness (QED) is 0.174. The second-order valence-corrected chi connectivity index (χ2v) is 10.2. The Morgan fingerprint density at radius 3 is 1.91 bits per heavy atom. The Bertz CT molecular complexity index is 591. The van der Waals surface area contributed by atoms with Gasteiger partial charge in [-0.1, -0.05) is 52.9 Å². The third-order valence-electron chi connectivity index (χ3n) is 3.66.